The highest BCUT2D eigenvalue weighted by molar-refractivity contribution is 7.22. The van der Waals surface area contributed by atoms with Gasteiger partial charge in [-0.15, -0.1) is 0 Å². The number of aromatic nitrogens is 3. The van der Waals surface area contributed by atoms with E-state index in [-0.39, 0.29) is 5.60 Å². The topological polar surface area (TPSA) is 52.0 Å². The molecule has 0 radical (unpaired) electrons. The van der Waals surface area contributed by atoms with Crippen LogP contribution < -0.4 is 5.32 Å². The summed E-state index contributed by atoms with van der Waals surface area (Å²) in [5, 5.41) is 8.99. The summed E-state index contributed by atoms with van der Waals surface area (Å²) in [6.07, 6.45) is 7.59. The van der Waals surface area contributed by atoms with Crippen molar-refractivity contribution in [3.8, 4) is 0 Å². The predicted molar refractivity (Wildman–Crippen MR) is 84.9 cm³/mol. The van der Waals surface area contributed by atoms with Crippen LogP contribution in [0.3, 0.4) is 0 Å². The van der Waals surface area contributed by atoms with Gasteiger partial charge in [-0.1, -0.05) is 30.6 Å². The van der Waals surface area contributed by atoms with Crippen molar-refractivity contribution in [2.24, 2.45) is 7.05 Å². The van der Waals surface area contributed by atoms with Gasteiger partial charge in [-0.25, -0.2) is 9.67 Å². The first-order valence-electron chi connectivity index (χ1n) is 7.86. The SMILES string of the molecule is Cc1nn(C)c2nc(NC3COC4(CCCCC4)C3)sc12. The maximum absolute atomic E-state index is 6.17. The van der Waals surface area contributed by atoms with Crippen LogP contribution in [0.2, 0.25) is 0 Å². The molecule has 1 aliphatic heterocycles. The number of fused-ring (bicyclic) bond motifs is 1. The Hall–Kier alpha value is -1.14. The van der Waals surface area contributed by atoms with Gasteiger partial charge in [-0.05, 0) is 26.2 Å². The zero-order chi connectivity index (χ0) is 14.4. The van der Waals surface area contributed by atoms with E-state index in [0.717, 1.165) is 29.5 Å². The first kappa shape index (κ1) is 13.5. The number of ether oxygens (including phenoxy) is 1. The van der Waals surface area contributed by atoms with E-state index in [2.05, 4.69) is 15.4 Å². The zero-order valence-corrected chi connectivity index (χ0v) is 13.5. The van der Waals surface area contributed by atoms with Crippen molar-refractivity contribution in [3.05, 3.63) is 5.69 Å². The van der Waals surface area contributed by atoms with Crippen LogP contribution in [0.25, 0.3) is 10.3 Å². The van der Waals surface area contributed by atoms with Crippen molar-refractivity contribution in [3.63, 3.8) is 0 Å². The minimum absolute atomic E-state index is 0.157. The fraction of sp³-hybridized carbons (Fsp3) is 0.733. The second-order valence-electron chi connectivity index (χ2n) is 6.48. The molecule has 1 saturated heterocycles. The first-order valence-corrected chi connectivity index (χ1v) is 8.68. The molecule has 5 nitrogen and oxygen atoms in total. The van der Waals surface area contributed by atoms with Gasteiger partial charge in [-0.2, -0.15) is 5.10 Å². The highest BCUT2D eigenvalue weighted by Gasteiger charge is 2.41. The lowest BCUT2D eigenvalue weighted by molar-refractivity contribution is -0.0244. The Labute approximate surface area is 128 Å². The number of anilines is 1. The Balaban J connectivity index is 1.49. The van der Waals surface area contributed by atoms with Gasteiger partial charge in [0.25, 0.3) is 0 Å². The molecule has 2 aromatic rings. The van der Waals surface area contributed by atoms with Crippen molar-refractivity contribution in [2.45, 2.75) is 57.1 Å². The van der Waals surface area contributed by atoms with Gasteiger partial charge < -0.3 is 10.1 Å². The van der Waals surface area contributed by atoms with Gasteiger partial charge in [0.05, 0.1) is 28.6 Å². The van der Waals surface area contributed by atoms with Crippen LogP contribution in [-0.4, -0.2) is 33.0 Å². The molecule has 0 aromatic carbocycles. The maximum Gasteiger partial charge on any atom is 0.185 e. The summed E-state index contributed by atoms with van der Waals surface area (Å²) in [7, 11) is 1.95. The summed E-state index contributed by atoms with van der Waals surface area (Å²) < 4.78 is 9.21. The molecule has 2 aromatic heterocycles. The average Bonchev–Trinajstić information content (AvgIpc) is 3.11. The van der Waals surface area contributed by atoms with E-state index < -0.39 is 0 Å². The Kier molecular flexibility index (Phi) is 3.19. The minimum atomic E-state index is 0.157. The lowest BCUT2D eigenvalue weighted by Crippen LogP contribution is -2.31. The molecular weight excluding hydrogens is 284 g/mol. The Morgan fingerprint density at radius 1 is 1.33 bits per heavy atom. The van der Waals surface area contributed by atoms with E-state index in [1.165, 1.54) is 36.8 Å². The maximum atomic E-state index is 6.17. The third kappa shape index (κ3) is 2.34. The molecule has 2 fully saturated rings. The van der Waals surface area contributed by atoms with Crippen LogP contribution in [0.1, 0.15) is 44.2 Å². The third-order valence-corrected chi connectivity index (χ3v) is 5.93. The summed E-state index contributed by atoms with van der Waals surface area (Å²) >= 11 is 1.71. The summed E-state index contributed by atoms with van der Waals surface area (Å²) in [5.41, 5.74) is 2.19. The molecule has 114 valence electrons. The normalized spacial score (nSPS) is 25.0. The highest BCUT2D eigenvalue weighted by Crippen LogP contribution is 2.40. The van der Waals surface area contributed by atoms with Crippen molar-refractivity contribution in [2.75, 3.05) is 11.9 Å². The number of rotatable bonds is 2. The second kappa shape index (κ2) is 4.95. The first-order chi connectivity index (χ1) is 10.2. The molecule has 0 bridgehead atoms. The lowest BCUT2D eigenvalue weighted by Gasteiger charge is -2.32. The van der Waals surface area contributed by atoms with E-state index in [0.29, 0.717) is 6.04 Å². The molecule has 6 heteroatoms. The fourth-order valence-corrected chi connectivity index (χ4v) is 4.81. The summed E-state index contributed by atoms with van der Waals surface area (Å²) in [5.74, 6) is 0. The monoisotopic (exact) mass is 306 g/mol. The zero-order valence-electron chi connectivity index (χ0n) is 12.7. The van der Waals surface area contributed by atoms with E-state index in [9.17, 15) is 0 Å². The number of nitrogens with one attached hydrogen (secondary N) is 1. The van der Waals surface area contributed by atoms with Crippen molar-refractivity contribution >= 4 is 26.8 Å². The van der Waals surface area contributed by atoms with Crippen LogP contribution in [0, 0.1) is 6.92 Å². The predicted octanol–water partition coefficient (Wildman–Crippen LogP) is 3.24. The van der Waals surface area contributed by atoms with E-state index in [4.69, 9.17) is 4.74 Å². The highest BCUT2D eigenvalue weighted by atomic mass is 32.1. The number of hydrogen-bond acceptors (Lipinski definition) is 5. The minimum Gasteiger partial charge on any atom is -0.373 e. The largest absolute Gasteiger partial charge is 0.373 e. The number of thiazole rings is 1. The van der Waals surface area contributed by atoms with Gasteiger partial charge in [0.2, 0.25) is 0 Å². The molecule has 21 heavy (non-hydrogen) atoms. The average molecular weight is 306 g/mol. The Bertz CT molecular complexity index is 621. The molecule has 1 aliphatic carbocycles. The molecule has 4 rings (SSSR count). The van der Waals surface area contributed by atoms with E-state index in [1.807, 2.05) is 18.7 Å². The van der Waals surface area contributed by atoms with Crippen LogP contribution in [0.4, 0.5) is 5.13 Å². The van der Waals surface area contributed by atoms with Crippen molar-refractivity contribution in [1.29, 1.82) is 0 Å². The van der Waals surface area contributed by atoms with Crippen LogP contribution in [0.5, 0.6) is 0 Å². The van der Waals surface area contributed by atoms with Crippen molar-refractivity contribution in [1.82, 2.24) is 14.8 Å². The Morgan fingerprint density at radius 2 is 2.14 bits per heavy atom. The molecule has 1 spiro atoms. The van der Waals surface area contributed by atoms with Gasteiger partial charge in [0.15, 0.2) is 10.8 Å². The molecule has 1 saturated carbocycles. The molecule has 0 amide bonds. The summed E-state index contributed by atoms with van der Waals surface area (Å²) in [4.78, 5) is 4.68. The standard InChI is InChI=1S/C15H22N4OS/c1-10-12-13(19(2)18-10)17-14(21-12)16-11-8-15(20-9-11)6-4-3-5-7-15/h11H,3-9H2,1-2H3,(H,16,17). The molecule has 1 unspecified atom stereocenters. The fourth-order valence-electron chi connectivity index (χ4n) is 3.80. The summed E-state index contributed by atoms with van der Waals surface area (Å²) in [6, 6.07) is 0.400. The molecule has 1 N–H and O–H groups in total. The van der Waals surface area contributed by atoms with Crippen molar-refractivity contribution < 1.29 is 4.74 Å². The second-order valence-corrected chi connectivity index (χ2v) is 7.48. The lowest BCUT2D eigenvalue weighted by atomic mass is 9.82. The van der Waals surface area contributed by atoms with Gasteiger partial charge >= 0.3 is 0 Å². The molecular formula is C15H22N4OS. The third-order valence-electron chi connectivity index (χ3n) is 4.85. The quantitative estimate of drug-likeness (QED) is 0.925. The molecule has 2 aliphatic rings. The number of aryl methyl sites for hydroxylation is 2. The van der Waals surface area contributed by atoms with Gasteiger partial charge in [-0.3, -0.25) is 0 Å². The Morgan fingerprint density at radius 3 is 2.90 bits per heavy atom. The summed E-state index contributed by atoms with van der Waals surface area (Å²) in [6.45, 7) is 2.85. The number of nitrogens with zero attached hydrogens (tertiary/aromatic N) is 3. The molecule has 3 heterocycles. The van der Waals surface area contributed by atoms with Gasteiger partial charge in [0.1, 0.15) is 0 Å². The molecule has 1 atom stereocenters. The smallest absolute Gasteiger partial charge is 0.185 e. The number of hydrogen-bond donors (Lipinski definition) is 1. The van der Waals surface area contributed by atoms with Crippen LogP contribution in [0.15, 0.2) is 0 Å². The van der Waals surface area contributed by atoms with Crippen LogP contribution >= 0.6 is 11.3 Å². The van der Waals surface area contributed by atoms with Gasteiger partial charge in [0, 0.05) is 7.05 Å². The van der Waals surface area contributed by atoms with E-state index in [1.54, 1.807) is 11.3 Å². The van der Waals surface area contributed by atoms with Crippen LogP contribution in [-0.2, 0) is 11.8 Å². The van der Waals surface area contributed by atoms with E-state index >= 15 is 0 Å².